The number of aliphatic hydroxyl groups is 1. The summed E-state index contributed by atoms with van der Waals surface area (Å²) in [5, 5.41) is 8.85. The number of hydrogen-bond donors (Lipinski definition) is 1. The summed E-state index contributed by atoms with van der Waals surface area (Å²) >= 11 is 0. The first-order valence-corrected chi connectivity index (χ1v) is 4.24. The summed E-state index contributed by atoms with van der Waals surface area (Å²) in [6.07, 6.45) is 1.21. The Bertz CT molecular complexity index is 70.8. The van der Waals surface area contributed by atoms with E-state index in [1.54, 1.807) is 0 Å². The zero-order valence-corrected chi connectivity index (χ0v) is 7.59. The van der Waals surface area contributed by atoms with Crippen molar-refractivity contribution in [2.75, 3.05) is 6.61 Å². The molecule has 10 heavy (non-hydrogen) atoms. The van der Waals surface area contributed by atoms with Crippen molar-refractivity contribution in [1.29, 1.82) is 0 Å². The first-order valence-electron chi connectivity index (χ1n) is 4.24. The van der Waals surface area contributed by atoms with E-state index in [9.17, 15) is 0 Å². The lowest BCUT2D eigenvalue weighted by molar-refractivity contribution is 0.163. The molecule has 0 aromatic carbocycles. The van der Waals surface area contributed by atoms with E-state index in [0.29, 0.717) is 18.4 Å². The lowest BCUT2D eigenvalue weighted by atomic mass is 9.84. The molecule has 0 rings (SSSR count). The summed E-state index contributed by atoms with van der Waals surface area (Å²) in [7, 11) is 0. The van der Waals surface area contributed by atoms with Gasteiger partial charge >= 0.3 is 0 Å². The van der Waals surface area contributed by atoms with Crippen LogP contribution in [0.3, 0.4) is 0 Å². The van der Waals surface area contributed by atoms with E-state index >= 15 is 0 Å². The predicted molar refractivity (Wildman–Crippen MR) is 44.9 cm³/mol. The SMILES string of the molecule is CC[C@@H](C)[C@@H](C)[C@@H](C)CO. The van der Waals surface area contributed by atoms with Crippen LogP contribution in [-0.4, -0.2) is 11.7 Å². The summed E-state index contributed by atoms with van der Waals surface area (Å²) in [6, 6.07) is 0. The lowest BCUT2D eigenvalue weighted by Crippen LogP contribution is -2.18. The maximum Gasteiger partial charge on any atom is 0.0459 e. The Labute approximate surface area is 64.5 Å². The molecule has 0 fully saturated rings. The van der Waals surface area contributed by atoms with Gasteiger partial charge in [0, 0.05) is 6.61 Å². The molecule has 0 bridgehead atoms. The van der Waals surface area contributed by atoms with E-state index in [1.165, 1.54) is 6.42 Å². The van der Waals surface area contributed by atoms with E-state index in [4.69, 9.17) is 5.11 Å². The topological polar surface area (TPSA) is 20.2 Å². The Balaban J connectivity index is 3.69. The highest BCUT2D eigenvalue weighted by Gasteiger charge is 2.16. The van der Waals surface area contributed by atoms with Crippen LogP contribution in [0.2, 0.25) is 0 Å². The number of rotatable bonds is 4. The van der Waals surface area contributed by atoms with E-state index in [2.05, 4.69) is 27.7 Å². The Morgan fingerprint density at radius 3 is 1.90 bits per heavy atom. The normalized spacial score (nSPS) is 20.1. The molecule has 1 heteroatoms. The third-order valence-corrected chi connectivity index (χ3v) is 2.73. The van der Waals surface area contributed by atoms with Crippen LogP contribution < -0.4 is 0 Å². The molecule has 0 saturated carbocycles. The first kappa shape index (κ1) is 9.96. The van der Waals surface area contributed by atoms with Crippen LogP contribution in [0.1, 0.15) is 34.1 Å². The molecule has 0 radical (unpaired) electrons. The van der Waals surface area contributed by atoms with Gasteiger partial charge < -0.3 is 5.11 Å². The smallest absolute Gasteiger partial charge is 0.0459 e. The maximum atomic E-state index is 8.85. The molecule has 1 nitrogen and oxygen atoms in total. The van der Waals surface area contributed by atoms with Gasteiger partial charge in [0.2, 0.25) is 0 Å². The molecule has 0 unspecified atom stereocenters. The van der Waals surface area contributed by atoms with Crippen molar-refractivity contribution >= 4 is 0 Å². The van der Waals surface area contributed by atoms with Gasteiger partial charge in [0.05, 0.1) is 0 Å². The summed E-state index contributed by atoms with van der Waals surface area (Å²) in [6.45, 7) is 9.10. The van der Waals surface area contributed by atoms with Crippen LogP contribution in [0, 0.1) is 17.8 Å². The summed E-state index contributed by atoms with van der Waals surface area (Å²) in [5.41, 5.74) is 0. The van der Waals surface area contributed by atoms with E-state index in [0.717, 1.165) is 5.92 Å². The number of hydrogen-bond acceptors (Lipinski definition) is 1. The van der Waals surface area contributed by atoms with Crippen molar-refractivity contribution in [2.24, 2.45) is 17.8 Å². The monoisotopic (exact) mass is 144 g/mol. The minimum absolute atomic E-state index is 0.325. The molecular weight excluding hydrogens is 124 g/mol. The zero-order chi connectivity index (χ0) is 8.15. The molecule has 62 valence electrons. The summed E-state index contributed by atoms with van der Waals surface area (Å²) < 4.78 is 0. The Morgan fingerprint density at radius 1 is 1.10 bits per heavy atom. The standard InChI is InChI=1S/C9H20O/c1-5-7(2)9(4)8(3)6-10/h7-10H,5-6H2,1-4H3/t7-,8+,9-/m1/s1. The fourth-order valence-corrected chi connectivity index (χ4v) is 1.10. The first-order chi connectivity index (χ1) is 4.63. The molecule has 1 N–H and O–H groups in total. The minimum atomic E-state index is 0.325. The van der Waals surface area contributed by atoms with E-state index in [-0.39, 0.29) is 0 Å². The molecule has 0 aromatic rings. The third kappa shape index (κ3) is 2.70. The summed E-state index contributed by atoms with van der Waals surface area (Å²) in [5.74, 6) is 1.84. The highest BCUT2D eigenvalue weighted by molar-refractivity contribution is 4.65. The molecule has 3 atom stereocenters. The van der Waals surface area contributed by atoms with Crippen molar-refractivity contribution in [3.63, 3.8) is 0 Å². The minimum Gasteiger partial charge on any atom is -0.396 e. The largest absolute Gasteiger partial charge is 0.396 e. The average Bonchev–Trinajstić information content (AvgIpc) is 2.00. The van der Waals surface area contributed by atoms with Gasteiger partial charge in [-0.3, -0.25) is 0 Å². The van der Waals surface area contributed by atoms with Crippen molar-refractivity contribution < 1.29 is 5.11 Å². The lowest BCUT2D eigenvalue weighted by Gasteiger charge is -2.23. The van der Waals surface area contributed by atoms with Crippen LogP contribution in [0.5, 0.6) is 0 Å². The molecule has 0 spiro atoms. The van der Waals surface area contributed by atoms with Crippen LogP contribution in [0.4, 0.5) is 0 Å². The number of aliphatic hydroxyl groups excluding tert-OH is 1. The molecule has 0 aromatic heterocycles. The van der Waals surface area contributed by atoms with Crippen LogP contribution in [0.25, 0.3) is 0 Å². The average molecular weight is 144 g/mol. The van der Waals surface area contributed by atoms with Crippen molar-refractivity contribution in [3.05, 3.63) is 0 Å². The van der Waals surface area contributed by atoms with Crippen molar-refractivity contribution in [1.82, 2.24) is 0 Å². The maximum absolute atomic E-state index is 8.85. The van der Waals surface area contributed by atoms with Gasteiger partial charge in [0.15, 0.2) is 0 Å². The molecule has 0 amide bonds. The highest BCUT2D eigenvalue weighted by atomic mass is 16.3. The van der Waals surface area contributed by atoms with Crippen LogP contribution in [0.15, 0.2) is 0 Å². The Hall–Kier alpha value is -0.0400. The van der Waals surface area contributed by atoms with Crippen LogP contribution >= 0.6 is 0 Å². The van der Waals surface area contributed by atoms with Gasteiger partial charge in [-0.05, 0) is 17.8 Å². The Morgan fingerprint density at radius 2 is 1.60 bits per heavy atom. The van der Waals surface area contributed by atoms with Gasteiger partial charge in [0.1, 0.15) is 0 Å². The van der Waals surface area contributed by atoms with Gasteiger partial charge in [-0.15, -0.1) is 0 Å². The second kappa shape index (κ2) is 4.73. The zero-order valence-electron chi connectivity index (χ0n) is 7.59. The van der Waals surface area contributed by atoms with Crippen LogP contribution in [-0.2, 0) is 0 Å². The fourth-order valence-electron chi connectivity index (χ4n) is 1.10. The third-order valence-electron chi connectivity index (χ3n) is 2.73. The second-order valence-corrected chi connectivity index (χ2v) is 3.40. The van der Waals surface area contributed by atoms with Crippen molar-refractivity contribution in [3.8, 4) is 0 Å². The van der Waals surface area contributed by atoms with Gasteiger partial charge in [-0.1, -0.05) is 34.1 Å². The molecule has 0 saturated heterocycles. The van der Waals surface area contributed by atoms with Gasteiger partial charge in [-0.25, -0.2) is 0 Å². The van der Waals surface area contributed by atoms with Crippen molar-refractivity contribution in [2.45, 2.75) is 34.1 Å². The molecular formula is C9H20O. The molecule has 0 heterocycles. The Kier molecular flexibility index (Phi) is 4.71. The van der Waals surface area contributed by atoms with E-state index in [1.807, 2.05) is 0 Å². The second-order valence-electron chi connectivity index (χ2n) is 3.40. The quantitative estimate of drug-likeness (QED) is 0.642. The van der Waals surface area contributed by atoms with Gasteiger partial charge in [-0.2, -0.15) is 0 Å². The molecule has 0 aliphatic carbocycles. The predicted octanol–water partition coefficient (Wildman–Crippen LogP) is 2.30. The molecule has 0 aliphatic rings. The fraction of sp³-hybridized carbons (Fsp3) is 1.00. The van der Waals surface area contributed by atoms with E-state index < -0.39 is 0 Å². The molecule has 0 aliphatic heterocycles. The highest BCUT2D eigenvalue weighted by Crippen LogP contribution is 2.22. The summed E-state index contributed by atoms with van der Waals surface area (Å²) in [4.78, 5) is 0. The van der Waals surface area contributed by atoms with Gasteiger partial charge in [0.25, 0.3) is 0 Å².